The molecule has 154 valence electrons. The molecule has 0 saturated carbocycles. The van der Waals surface area contributed by atoms with Gasteiger partial charge in [-0.25, -0.2) is 4.68 Å². The van der Waals surface area contributed by atoms with Gasteiger partial charge in [-0.3, -0.25) is 9.59 Å². The normalized spacial score (nSPS) is 11.3. The number of amides is 1. The molecule has 0 fully saturated rings. The molecule has 0 radical (unpaired) electrons. The van der Waals surface area contributed by atoms with Crippen molar-refractivity contribution < 1.29 is 4.79 Å². The number of rotatable bonds is 5. The molecule has 6 heteroatoms. The van der Waals surface area contributed by atoms with Crippen LogP contribution in [0.3, 0.4) is 0 Å². The summed E-state index contributed by atoms with van der Waals surface area (Å²) in [5.41, 5.74) is 4.94. The highest BCUT2D eigenvalue weighted by atomic mass is 32.1. The van der Waals surface area contributed by atoms with Gasteiger partial charge in [-0.15, -0.1) is 11.3 Å². The monoisotopic (exact) mass is 419 g/mol. The number of hydrogen-bond acceptors (Lipinski definition) is 4. The summed E-state index contributed by atoms with van der Waals surface area (Å²) in [5, 5.41) is 9.23. The van der Waals surface area contributed by atoms with E-state index in [1.165, 1.54) is 10.2 Å². The van der Waals surface area contributed by atoms with Gasteiger partial charge in [-0.1, -0.05) is 35.9 Å². The van der Waals surface area contributed by atoms with Crippen LogP contribution in [0.2, 0.25) is 0 Å². The summed E-state index contributed by atoms with van der Waals surface area (Å²) in [7, 11) is 0. The van der Waals surface area contributed by atoms with Gasteiger partial charge in [0.15, 0.2) is 0 Å². The Hall–Kier alpha value is -2.99. The third kappa shape index (κ3) is 3.75. The molecule has 1 amide bonds. The van der Waals surface area contributed by atoms with Crippen LogP contribution < -0.4 is 10.9 Å². The Morgan fingerprint density at radius 1 is 1.10 bits per heavy atom. The molecule has 0 saturated heterocycles. The lowest BCUT2D eigenvalue weighted by Gasteiger charge is -2.13. The van der Waals surface area contributed by atoms with Crippen molar-refractivity contribution in [2.24, 2.45) is 0 Å². The quantitative estimate of drug-likeness (QED) is 0.480. The van der Waals surface area contributed by atoms with E-state index in [1.807, 2.05) is 52.0 Å². The van der Waals surface area contributed by atoms with E-state index in [-0.39, 0.29) is 11.5 Å². The molecule has 5 nitrogen and oxygen atoms in total. The lowest BCUT2D eigenvalue weighted by molar-refractivity contribution is -0.116. The number of hydrogen-bond donors (Lipinski definition) is 1. The molecular weight excluding hydrogens is 394 g/mol. The highest BCUT2D eigenvalue weighted by Gasteiger charge is 2.15. The fourth-order valence-electron chi connectivity index (χ4n) is 4.03. The summed E-state index contributed by atoms with van der Waals surface area (Å²) >= 11 is 1.60. The number of carbonyl (C=O) groups is 1. The van der Waals surface area contributed by atoms with Crippen LogP contribution >= 0.6 is 11.3 Å². The van der Waals surface area contributed by atoms with Gasteiger partial charge in [0.25, 0.3) is 5.56 Å². The fourth-order valence-corrected chi connectivity index (χ4v) is 5.17. The van der Waals surface area contributed by atoms with Crippen LogP contribution in [-0.4, -0.2) is 15.7 Å². The molecule has 0 atom stereocenters. The Kier molecular flexibility index (Phi) is 5.43. The van der Waals surface area contributed by atoms with Crippen molar-refractivity contribution in [3.8, 4) is 0 Å². The summed E-state index contributed by atoms with van der Waals surface area (Å²) in [5.74, 6) is -0.0446. The van der Waals surface area contributed by atoms with Crippen LogP contribution in [0, 0.1) is 27.7 Å². The van der Waals surface area contributed by atoms with Crippen molar-refractivity contribution in [3.05, 3.63) is 69.1 Å². The van der Waals surface area contributed by atoms with Crippen molar-refractivity contribution >= 4 is 43.1 Å². The SMILES string of the molecule is Cc1cc(C)c(NC(=O)CCCn2nc(C)c3sc4ccccc4c3c2=O)c(C)c1. The Morgan fingerprint density at radius 3 is 2.53 bits per heavy atom. The van der Waals surface area contributed by atoms with Crippen molar-refractivity contribution in [2.45, 2.75) is 47.1 Å². The molecule has 0 aliphatic heterocycles. The smallest absolute Gasteiger partial charge is 0.276 e. The standard InChI is InChI=1S/C24H25N3O2S/c1-14-12-15(2)22(16(3)13-14)25-20(28)10-7-11-27-24(29)21-18-8-5-6-9-19(18)30-23(21)17(4)26-27/h5-6,8-9,12-13H,7,10-11H2,1-4H3,(H,25,28). The molecule has 2 heterocycles. The number of nitrogens with zero attached hydrogens (tertiary/aromatic N) is 2. The molecule has 0 spiro atoms. The Labute approximate surface area is 179 Å². The zero-order chi connectivity index (χ0) is 21.4. The molecule has 0 aliphatic carbocycles. The van der Waals surface area contributed by atoms with Crippen LogP contribution in [0.15, 0.2) is 41.2 Å². The van der Waals surface area contributed by atoms with E-state index in [2.05, 4.69) is 22.5 Å². The third-order valence-electron chi connectivity index (χ3n) is 5.36. The van der Waals surface area contributed by atoms with E-state index in [0.29, 0.717) is 19.4 Å². The summed E-state index contributed by atoms with van der Waals surface area (Å²) in [6.07, 6.45) is 0.887. The van der Waals surface area contributed by atoms with E-state index >= 15 is 0 Å². The molecule has 0 unspecified atom stereocenters. The number of aryl methyl sites for hydroxylation is 5. The van der Waals surface area contributed by atoms with E-state index in [4.69, 9.17) is 0 Å². The Balaban J connectivity index is 1.50. The zero-order valence-electron chi connectivity index (χ0n) is 17.7. The number of benzene rings is 2. The first kappa shape index (κ1) is 20.3. The number of anilines is 1. The second kappa shape index (κ2) is 8.03. The largest absolute Gasteiger partial charge is 0.326 e. The lowest BCUT2D eigenvalue weighted by Crippen LogP contribution is -2.24. The first-order valence-corrected chi connectivity index (χ1v) is 10.9. The number of aromatic nitrogens is 2. The first-order chi connectivity index (χ1) is 14.3. The maximum atomic E-state index is 13.1. The van der Waals surface area contributed by atoms with Gasteiger partial charge in [0.1, 0.15) is 0 Å². The van der Waals surface area contributed by atoms with Crippen molar-refractivity contribution in [2.75, 3.05) is 5.32 Å². The van der Waals surface area contributed by atoms with E-state index in [0.717, 1.165) is 42.7 Å². The second-order valence-corrected chi connectivity index (χ2v) is 8.89. The number of thiophene rings is 1. The van der Waals surface area contributed by atoms with Crippen LogP contribution in [0.25, 0.3) is 20.2 Å². The Bertz CT molecular complexity index is 1310. The molecule has 30 heavy (non-hydrogen) atoms. The lowest BCUT2D eigenvalue weighted by atomic mass is 10.0. The summed E-state index contributed by atoms with van der Waals surface area (Å²) in [6, 6.07) is 12.1. The average Bonchev–Trinajstić information content (AvgIpc) is 3.09. The Morgan fingerprint density at radius 2 is 1.80 bits per heavy atom. The summed E-state index contributed by atoms with van der Waals surface area (Å²) < 4.78 is 3.54. The van der Waals surface area contributed by atoms with Gasteiger partial charge in [0, 0.05) is 28.7 Å². The highest BCUT2D eigenvalue weighted by Crippen LogP contribution is 2.32. The third-order valence-corrected chi connectivity index (χ3v) is 6.64. The minimum atomic E-state index is -0.0846. The summed E-state index contributed by atoms with van der Waals surface area (Å²) in [6.45, 7) is 8.40. The van der Waals surface area contributed by atoms with Gasteiger partial charge in [0.2, 0.25) is 5.91 Å². The van der Waals surface area contributed by atoms with Crippen LogP contribution in [-0.2, 0) is 11.3 Å². The van der Waals surface area contributed by atoms with Crippen molar-refractivity contribution in [3.63, 3.8) is 0 Å². The van der Waals surface area contributed by atoms with Gasteiger partial charge in [-0.05, 0) is 51.3 Å². The van der Waals surface area contributed by atoms with Crippen LogP contribution in [0.5, 0.6) is 0 Å². The van der Waals surface area contributed by atoms with E-state index < -0.39 is 0 Å². The number of carbonyl (C=O) groups excluding carboxylic acids is 1. The highest BCUT2D eigenvalue weighted by molar-refractivity contribution is 7.26. The maximum Gasteiger partial charge on any atom is 0.276 e. The molecule has 2 aromatic heterocycles. The van der Waals surface area contributed by atoms with Gasteiger partial charge >= 0.3 is 0 Å². The molecule has 0 aliphatic rings. The molecule has 4 aromatic rings. The van der Waals surface area contributed by atoms with E-state index in [1.54, 1.807) is 11.3 Å². The minimum absolute atomic E-state index is 0.0446. The molecule has 0 bridgehead atoms. The minimum Gasteiger partial charge on any atom is -0.326 e. The van der Waals surface area contributed by atoms with Gasteiger partial charge in [0.05, 0.1) is 15.8 Å². The zero-order valence-corrected chi connectivity index (χ0v) is 18.5. The van der Waals surface area contributed by atoms with Crippen LogP contribution in [0.4, 0.5) is 5.69 Å². The fraction of sp³-hybridized carbons (Fsp3) is 0.292. The molecule has 4 rings (SSSR count). The number of nitrogens with one attached hydrogen (secondary N) is 1. The first-order valence-electron chi connectivity index (χ1n) is 10.1. The summed E-state index contributed by atoms with van der Waals surface area (Å²) in [4.78, 5) is 25.5. The molecular formula is C24H25N3O2S. The molecule has 1 N–H and O–H groups in total. The van der Waals surface area contributed by atoms with Crippen molar-refractivity contribution in [1.29, 1.82) is 0 Å². The predicted molar refractivity (Wildman–Crippen MR) is 125 cm³/mol. The van der Waals surface area contributed by atoms with Gasteiger partial charge < -0.3 is 5.32 Å². The molecule has 2 aromatic carbocycles. The average molecular weight is 420 g/mol. The second-order valence-electron chi connectivity index (χ2n) is 7.84. The van der Waals surface area contributed by atoms with Gasteiger partial charge in [-0.2, -0.15) is 5.10 Å². The van der Waals surface area contributed by atoms with E-state index in [9.17, 15) is 9.59 Å². The topological polar surface area (TPSA) is 64.0 Å². The van der Waals surface area contributed by atoms with Crippen molar-refractivity contribution in [1.82, 2.24) is 9.78 Å². The number of fused-ring (bicyclic) bond motifs is 3. The predicted octanol–water partition coefficient (Wildman–Crippen LogP) is 5.26. The van der Waals surface area contributed by atoms with Crippen LogP contribution in [0.1, 0.15) is 35.2 Å². The maximum absolute atomic E-state index is 13.1.